The van der Waals surface area contributed by atoms with Crippen molar-refractivity contribution in [2.75, 3.05) is 0 Å². The molecule has 0 bridgehead atoms. The smallest absolute Gasteiger partial charge is 0.136 e. The van der Waals surface area contributed by atoms with E-state index in [4.69, 9.17) is 11.6 Å². The van der Waals surface area contributed by atoms with E-state index in [-0.39, 0.29) is 0 Å². The molecule has 2 aromatic rings. The van der Waals surface area contributed by atoms with E-state index in [9.17, 15) is 0 Å². The number of pyridine rings is 1. The van der Waals surface area contributed by atoms with Gasteiger partial charge < -0.3 is 0 Å². The average Bonchev–Trinajstić information content (AvgIpc) is 2.57. The van der Waals surface area contributed by atoms with E-state index in [0.717, 1.165) is 11.1 Å². The molecule has 0 radical (unpaired) electrons. The summed E-state index contributed by atoms with van der Waals surface area (Å²) in [6.45, 7) is 0. The highest BCUT2D eigenvalue weighted by atomic mass is 35.5. The Kier molecular flexibility index (Phi) is 2.11. The predicted molar refractivity (Wildman–Crippen MR) is 52.6 cm³/mol. The summed E-state index contributed by atoms with van der Waals surface area (Å²) in [5, 5.41) is 4.65. The molecule has 0 atom stereocenters. The summed E-state index contributed by atoms with van der Waals surface area (Å²) in [5.41, 5.74) is 2.14. The highest BCUT2D eigenvalue weighted by molar-refractivity contribution is 7.08. The van der Waals surface area contributed by atoms with Crippen molar-refractivity contribution < 1.29 is 0 Å². The van der Waals surface area contributed by atoms with Gasteiger partial charge in [0.25, 0.3) is 0 Å². The minimum Gasteiger partial charge on any atom is -0.244 e. The lowest BCUT2D eigenvalue weighted by Crippen LogP contribution is -1.78. The van der Waals surface area contributed by atoms with E-state index >= 15 is 0 Å². The van der Waals surface area contributed by atoms with Crippen LogP contribution in [0.1, 0.15) is 0 Å². The third-order valence-corrected chi connectivity index (χ3v) is 2.58. The lowest BCUT2D eigenvalue weighted by Gasteiger charge is -1.97. The maximum absolute atomic E-state index is 5.91. The Balaban J connectivity index is 2.55. The molecule has 0 fully saturated rings. The fourth-order valence-electron chi connectivity index (χ4n) is 1.02. The van der Waals surface area contributed by atoms with Crippen molar-refractivity contribution in [2.45, 2.75) is 0 Å². The first-order valence-electron chi connectivity index (χ1n) is 3.51. The lowest BCUT2D eigenvalue weighted by atomic mass is 10.2. The summed E-state index contributed by atoms with van der Waals surface area (Å²) in [7, 11) is 0. The second-order valence-corrected chi connectivity index (χ2v) is 3.49. The maximum atomic E-state index is 5.91. The summed E-state index contributed by atoms with van der Waals surface area (Å²) in [4.78, 5) is 4.01. The molecule has 0 aliphatic carbocycles. The molecule has 0 saturated heterocycles. The fourth-order valence-corrected chi connectivity index (χ4v) is 1.90. The summed E-state index contributed by atoms with van der Waals surface area (Å²) >= 11 is 7.57. The first kappa shape index (κ1) is 7.77. The topological polar surface area (TPSA) is 12.9 Å². The standard InChI is InChI=1S/C9H6ClNS/c10-9-8(2-1-4-11-9)7-3-5-12-6-7/h1-6H. The number of halogens is 1. The molecule has 2 heterocycles. The van der Waals surface area contributed by atoms with Gasteiger partial charge in [-0.3, -0.25) is 0 Å². The van der Waals surface area contributed by atoms with E-state index in [2.05, 4.69) is 10.4 Å². The van der Waals surface area contributed by atoms with Crippen molar-refractivity contribution in [2.24, 2.45) is 0 Å². The lowest BCUT2D eigenvalue weighted by molar-refractivity contribution is 1.33. The molecule has 0 saturated carbocycles. The molecular weight excluding hydrogens is 190 g/mol. The summed E-state index contributed by atoms with van der Waals surface area (Å²) in [6, 6.07) is 5.89. The Hall–Kier alpha value is -0.860. The Morgan fingerprint density at radius 3 is 2.92 bits per heavy atom. The van der Waals surface area contributed by atoms with Crippen LogP contribution in [0.2, 0.25) is 5.15 Å². The fraction of sp³-hybridized carbons (Fsp3) is 0. The first-order chi connectivity index (χ1) is 5.88. The number of rotatable bonds is 1. The molecule has 0 aliphatic heterocycles. The highest BCUT2D eigenvalue weighted by Crippen LogP contribution is 2.26. The second kappa shape index (κ2) is 3.25. The van der Waals surface area contributed by atoms with Crippen molar-refractivity contribution in [1.82, 2.24) is 4.98 Å². The van der Waals surface area contributed by atoms with Gasteiger partial charge in [-0.05, 0) is 34.5 Å². The van der Waals surface area contributed by atoms with Gasteiger partial charge in [0, 0.05) is 11.8 Å². The number of hydrogen-bond acceptors (Lipinski definition) is 2. The van der Waals surface area contributed by atoms with E-state index in [1.54, 1.807) is 17.5 Å². The number of hydrogen-bond donors (Lipinski definition) is 0. The molecule has 0 unspecified atom stereocenters. The van der Waals surface area contributed by atoms with Crippen LogP contribution in [0, 0.1) is 0 Å². The zero-order valence-corrected chi connectivity index (χ0v) is 7.77. The van der Waals surface area contributed by atoms with Gasteiger partial charge in [-0.2, -0.15) is 11.3 Å². The quantitative estimate of drug-likeness (QED) is 0.635. The number of thiophene rings is 1. The SMILES string of the molecule is Clc1ncccc1-c1ccsc1. The molecule has 0 amide bonds. The van der Waals surface area contributed by atoms with Crippen LogP contribution in [0.5, 0.6) is 0 Å². The zero-order chi connectivity index (χ0) is 8.39. The normalized spacial score (nSPS) is 10.1. The van der Waals surface area contributed by atoms with Crippen LogP contribution in [0.25, 0.3) is 11.1 Å². The molecule has 1 nitrogen and oxygen atoms in total. The third kappa shape index (κ3) is 1.36. The monoisotopic (exact) mass is 195 g/mol. The van der Waals surface area contributed by atoms with Crippen LogP contribution in [0.15, 0.2) is 35.2 Å². The van der Waals surface area contributed by atoms with Crippen LogP contribution >= 0.6 is 22.9 Å². The predicted octanol–water partition coefficient (Wildman–Crippen LogP) is 3.46. The molecule has 0 aliphatic rings. The molecule has 0 aromatic carbocycles. The molecule has 0 N–H and O–H groups in total. The van der Waals surface area contributed by atoms with Crippen LogP contribution in [-0.4, -0.2) is 4.98 Å². The summed E-state index contributed by atoms with van der Waals surface area (Å²) in [6.07, 6.45) is 1.69. The van der Waals surface area contributed by atoms with Crippen LogP contribution in [0.4, 0.5) is 0 Å². The van der Waals surface area contributed by atoms with E-state index in [0.29, 0.717) is 5.15 Å². The van der Waals surface area contributed by atoms with Gasteiger partial charge in [0.2, 0.25) is 0 Å². The van der Waals surface area contributed by atoms with Crippen LogP contribution in [0.3, 0.4) is 0 Å². The zero-order valence-electron chi connectivity index (χ0n) is 6.20. The van der Waals surface area contributed by atoms with Gasteiger partial charge in [-0.15, -0.1) is 0 Å². The van der Waals surface area contributed by atoms with Crippen LogP contribution in [-0.2, 0) is 0 Å². The molecule has 2 rings (SSSR count). The first-order valence-corrected chi connectivity index (χ1v) is 4.83. The van der Waals surface area contributed by atoms with Gasteiger partial charge in [0.05, 0.1) is 0 Å². The third-order valence-electron chi connectivity index (χ3n) is 1.59. The second-order valence-electron chi connectivity index (χ2n) is 2.35. The summed E-state index contributed by atoms with van der Waals surface area (Å²) in [5.74, 6) is 0. The Morgan fingerprint density at radius 2 is 2.25 bits per heavy atom. The molecule has 0 spiro atoms. The van der Waals surface area contributed by atoms with Crippen molar-refractivity contribution in [3.05, 3.63) is 40.3 Å². The van der Waals surface area contributed by atoms with Gasteiger partial charge in [0.15, 0.2) is 0 Å². The van der Waals surface area contributed by atoms with Crippen LogP contribution < -0.4 is 0 Å². The van der Waals surface area contributed by atoms with E-state index in [1.165, 1.54) is 0 Å². The molecule has 12 heavy (non-hydrogen) atoms. The van der Waals surface area contributed by atoms with E-state index < -0.39 is 0 Å². The molecular formula is C9H6ClNS. The minimum atomic E-state index is 0.566. The Morgan fingerprint density at radius 1 is 1.33 bits per heavy atom. The van der Waals surface area contributed by atoms with Gasteiger partial charge in [-0.25, -0.2) is 4.98 Å². The number of nitrogens with zero attached hydrogens (tertiary/aromatic N) is 1. The average molecular weight is 196 g/mol. The summed E-state index contributed by atoms with van der Waals surface area (Å²) < 4.78 is 0. The Labute approximate surface area is 79.7 Å². The number of aromatic nitrogens is 1. The van der Waals surface area contributed by atoms with Crippen molar-refractivity contribution in [3.8, 4) is 11.1 Å². The van der Waals surface area contributed by atoms with Crippen molar-refractivity contribution in [1.29, 1.82) is 0 Å². The highest BCUT2D eigenvalue weighted by Gasteiger charge is 2.02. The largest absolute Gasteiger partial charge is 0.244 e. The Bertz CT molecular complexity index is 370. The minimum absolute atomic E-state index is 0.566. The van der Waals surface area contributed by atoms with Crippen molar-refractivity contribution in [3.63, 3.8) is 0 Å². The molecule has 60 valence electrons. The van der Waals surface area contributed by atoms with Gasteiger partial charge in [0.1, 0.15) is 5.15 Å². The van der Waals surface area contributed by atoms with Gasteiger partial charge >= 0.3 is 0 Å². The molecule has 2 aromatic heterocycles. The van der Waals surface area contributed by atoms with E-state index in [1.807, 2.05) is 23.6 Å². The maximum Gasteiger partial charge on any atom is 0.136 e. The molecule has 3 heteroatoms. The van der Waals surface area contributed by atoms with Gasteiger partial charge in [-0.1, -0.05) is 11.6 Å². The van der Waals surface area contributed by atoms with Crippen molar-refractivity contribution >= 4 is 22.9 Å².